The van der Waals surface area contributed by atoms with Crippen LogP contribution >= 0.6 is 0 Å². The molecule has 0 fully saturated rings. The molecule has 0 radical (unpaired) electrons. The van der Waals surface area contributed by atoms with E-state index in [2.05, 4.69) is 15.5 Å². The average Bonchev–Trinajstić information content (AvgIpc) is 2.56. The van der Waals surface area contributed by atoms with Crippen LogP contribution in [0.2, 0.25) is 0 Å². The van der Waals surface area contributed by atoms with Crippen LogP contribution in [0.5, 0.6) is 0 Å². The van der Waals surface area contributed by atoms with Gasteiger partial charge in [-0.15, -0.1) is 0 Å². The lowest BCUT2D eigenvalue weighted by Gasteiger charge is -2.07. The molecule has 76 valence electrons. The first-order chi connectivity index (χ1) is 6.59. The quantitative estimate of drug-likeness (QED) is 0.608. The fourth-order valence-corrected chi connectivity index (χ4v) is 0.910. The molecule has 1 rings (SSSR count). The Morgan fingerprint density at radius 2 is 2.43 bits per heavy atom. The van der Waals surface area contributed by atoms with Crippen molar-refractivity contribution in [1.82, 2.24) is 15.5 Å². The third kappa shape index (κ3) is 2.89. The minimum Gasteiger partial charge on any atom is -0.480 e. The fourth-order valence-electron chi connectivity index (χ4n) is 0.910. The fraction of sp³-hybridized carbons (Fsp3) is 0.375. The first-order valence-corrected chi connectivity index (χ1v) is 4.10. The van der Waals surface area contributed by atoms with Gasteiger partial charge in [0.25, 0.3) is 0 Å². The van der Waals surface area contributed by atoms with E-state index in [1.165, 1.54) is 13.1 Å². The molecule has 0 aromatic carbocycles. The van der Waals surface area contributed by atoms with Crippen LogP contribution in [0.1, 0.15) is 12.6 Å². The van der Waals surface area contributed by atoms with Crippen molar-refractivity contribution in [2.45, 2.75) is 19.4 Å². The summed E-state index contributed by atoms with van der Waals surface area (Å²) < 4.78 is 0. The van der Waals surface area contributed by atoms with E-state index in [9.17, 15) is 9.59 Å². The van der Waals surface area contributed by atoms with E-state index < -0.39 is 12.0 Å². The number of aliphatic carboxylic acids is 1. The van der Waals surface area contributed by atoms with Crippen molar-refractivity contribution in [3.63, 3.8) is 0 Å². The van der Waals surface area contributed by atoms with E-state index in [1.54, 1.807) is 6.07 Å². The molecular weight excluding hydrogens is 186 g/mol. The number of aromatic nitrogens is 2. The van der Waals surface area contributed by atoms with E-state index in [1.807, 2.05) is 0 Å². The first-order valence-electron chi connectivity index (χ1n) is 4.10. The van der Waals surface area contributed by atoms with Gasteiger partial charge >= 0.3 is 5.97 Å². The number of amides is 1. The zero-order chi connectivity index (χ0) is 10.6. The molecule has 3 N–H and O–H groups in total. The molecule has 1 aromatic heterocycles. The van der Waals surface area contributed by atoms with Crippen LogP contribution in [0.25, 0.3) is 0 Å². The van der Waals surface area contributed by atoms with Crippen LogP contribution in [0.3, 0.4) is 0 Å². The number of rotatable bonds is 4. The van der Waals surface area contributed by atoms with Crippen LogP contribution in [0.15, 0.2) is 12.3 Å². The van der Waals surface area contributed by atoms with Crippen molar-refractivity contribution >= 4 is 11.9 Å². The molecule has 0 bridgehead atoms. The summed E-state index contributed by atoms with van der Waals surface area (Å²) in [5, 5.41) is 17.1. The van der Waals surface area contributed by atoms with Gasteiger partial charge in [0.05, 0.1) is 6.42 Å². The molecule has 0 spiro atoms. The van der Waals surface area contributed by atoms with E-state index in [-0.39, 0.29) is 12.3 Å². The maximum atomic E-state index is 11.2. The molecule has 0 aliphatic rings. The molecule has 1 heterocycles. The number of H-pyrrole nitrogens is 1. The molecule has 6 nitrogen and oxygen atoms in total. The van der Waals surface area contributed by atoms with Crippen LogP contribution in [0, 0.1) is 0 Å². The van der Waals surface area contributed by atoms with Gasteiger partial charge in [-0.1, -0.05) is 0 Å². The van der Waals surface area contributed by atoms with Crippen molar-refractivity contribution in [1.29, 1.82) is 0 Å². The summed E-state index contributed by atoms with van der Waals surface area (Å²) in [5.74, 6) is -1.40. The number of hydrogen-bond donors (Lipinski definition) is 3. The van der Waals surface area contributed by atoms with Gasteiger partial charge < -0.3 is 10.4 Å². The second-order valence-electron chi connectivity index (χ2n) is 2.89. The van der Waals surface area contributed by atoms with E-state index in [4.69, 9.17) is 5.11 Å². The largest absolute Gasteiger partial charge is 0.480 e. The molecule has 0 saturated carbocycles. The minimum absolute atomic E-state index is 0.109. The molecule has 0 aliphatic heterocycles. The van der Waals surface area contributed by atoms with Gasteiger partial charge in [0.1, 0.15) is 6.04 Å². The molecule has 0 aliphatic carbocycles. The topological polar surface area (TPSA) is 95.1 Å². The van der Waals surface area contributed by atoms with Gasteiger partial charge in [-0.05, 0) is 13.0 Å². The molecule has 1 amide bonds. The lowest BCUT2D eigenvalue weighted by atomic mass is 10.2. The number of hydrogen-bond acceptors (Lipinski definition) is 3. The third-order valence-corrected chi connectivity index (χ3v) is 1.66. The van der Waals surface area contributed by atoms with E-state index >= 15 is 0 Å². The number of carboxylic acid groups (broad SMARTS) is 1. The van der Waals surface area contributed by atoms with Gasteiger partial charge in [-0.25, -0.2) is 0 Å². The van der Waals surface area contributed by atoms with Gasteiger partial charge in [0.2, 0.25) is 5.91 Å². The van der Waals surface area contributed by atoms with E-state index in [0.29, 0.717) is 5.69 Å². The molecular formula is C8H11N3O3. The normalized spacial score (nSPS) is 12.1. The zero-order valence-corrected chi connectivity index (χ0v) is 7.65. The highest BCUT2D eigenvalue weighted by atomic mass is 16.4. The second-order valence-corrected chi connectivity index (χ2v) is 2.89. The highest BCUT2D eigenvalue weighted by Crippen LogP contribution is 1.93. The summed E-state index contributed by atoms with van der Waals surface area (Å²) in [4.78, 5) is 21.6. The molecule has 14 heavy (non-hydrogen) atoms. The number of nitrogens with zero attached hydrogens (tertiary/aromatic N) is 1. The Bertz CT molecular complexity index is 321. The molecule has 1 atom stereocenters. The Morgan fingerprint density at radius 3 is 2.93 bits per heavy atom. The van der Waals surface area contributed by atoms with Crippen LogP contribution in [0.4, 0.5) is 0 Å². The van der Waals surface area contributed by atoms with Crippen LogP contribution in [-0.2, 0) is 16.0 Å². The van der Waals surface area contributed by atoms with Gasteiger partial charge in [0.15, 0.2) is 0 Å². The Morgan fingerprint density at radius 1 is 1.71 bits per heavy atom. The van der Waals surface area contributed by atoms with Crippen LogP contribution in [-0.4, -0.2) is 33.2 Å². The Hall–Kier alpha value is -1.85. The molecule has 6 heteroatoms. The second kappa shape index (κ2) is 4.40. The summed E-state index contributed by atoms with van der Waals surface area (Å²) in [5.41, 5.74) is 0.653. The smallest absolute Gasteiger partial charge is 0.325 e. The zero-order valence-electron chi connectivity index (χ0n) is 7.65. The van der Waals surface area contributed by atoms with Crippen molar-refractivity contribution in [3.8, 4) is 0 Å². The number of carbonyl (C=O) groups is 2. The summed E-state index contributed by atoms with van der Waals surface area (Å²) in [6, 6.07) is 0.788. The molecule has 1 aromatic rings. The van der Waals surface area contributed by atoms with Crippen molar-refractivity contribution in [2.24, 2.45) is 0 Å². The number of nitrogens with one attached hydrogen (secondary N) is 2. The van der Waals surface area contributed by atoms with Gasteiger partial charge in [-0.2, -0.15) is 5.10 Å². The van der Waals surface area contributed by atoms with Gasteiger partial charge in [-0.3, -0.25) is 14.7 Å². The highest BCUT2D eigenvalue weighted by Gasteiger charge is 2.14. The van der Waals surface area contributed by atoms with Crippen LogP contribution < -0.4 is 5.32 Å². The number of carboxylic acids is 1. The lowest BCUT2D eigenvalue weighted by Crippen LogP contribution is -2.39. The maximum absolute atomic E-state index is 11.2. The Kier molecular flexibility index (Phi) is 3.22. The van der Waals surface area contributed by atoms with Crippen molar-refractivity contribution in [3.05, 3.63) is 18.0 Å². The molecule has 0 saturated heterocycles. The monoisotopic (exact) mass is 197 g/mol. The minimum atomic E-state index is -1.05. The summed E-state index contributed by atoms with van der Waals surface area (Å²) >= 11 is 0. The van der Waals surface area contributed by atoms with E-state index in [0.717, 1.165) is 0 Å². The molecule has 1 unspecified atom stereocenters. The standard InChI is InChI=1S/C8H11N3O3/c1-5(8(13)14)10-7(12)4-6-2-3-9-11-6/h2-3,5H,4H2,1H3,(H,9,11)(H,10,12)(H,13,14). The van der Waals surface area contributed by atoms with Crippen molar-refractivity contribution < 1.29 is 14.7 Å². The van der Waals surface area contributed by atoms with Gasteiger partial charge in [0, 0.05) is 11.9 Å². The summed E-state index contributed by atoms with van der Waals surface area (Å²) in [6.45, 7) is 1.41. The lowest BCUT2D eigenvalue weighted by molar-refractivity contribution is -0.141. The SMILES string of the molecule is CC(NC(=O)Cc1ccn[nH]1)C(=O)O. The van der Waals surface area contributed by atoms with Crippen molar-refractivity contribution in [2.75, 3.05) is 0 Å². The predicted octanol–water partition coefficient (Wildman–Crippen LogP) is -0.459. The average molecular weight is 197 g/mol. The Balaban J connectivity index is 2.40. The highest BCUT2D eigenvalue weighted by molar-refractivity contribution is 5.84. The number of carbonyl (C=O) groups excluding carboxylic acids is 1. The first kappa shape index (κ1) is 10.2. The number of aromatic amines is 1. The maximum Gasteiger partial charge on any atom is 0.325 e. The predicted molar refractivity (Wildman–Crippen MR) is 47.5 cm³/mol. The Labute approximate surface area is 80.3 Å². The summed E-state index contributed by atoms with van der Waals surface area (Å²) in [6.07, 6.45) is 1.64. The summed E-state index contributed by atoms with van der Waals surface area (Å²) in [7, 11) is 0. The third-order valence-electron chi connectivity index (χ3n) is 1.66.